The molecule has 2 heterocycles. The maximum atomic E-state index is 11.4. The molecule has 0 aliphatic carbocycles. The third-order valence-corrected chi connectivity index (χ3v) is 4.37. The molecule has 2 aromatic rings. The molecule has 1 aliphatic rings. The molecule has 1 amide bonds. The molecule has 0 saturated heterocycles. The number of carbonyl (C=O) groups is 1. The molecule has 104 valence electrons. The molecular weight excluding hydrogens is 270 g/mol. The Morgan fingerprint density at radius 2 is 2.25 bits per heavy atom. The van der Waals surface area contributed by atoms with Crippen molar-refractivity contribution in [2.45, 2.75) is 19.3 Å². The first-order chi connectivity index (χ1) is 9.72. The summed E-state index contributed by atoms with van der Waals surface area (Å²) in [4.78, 5) is 12.7. The summed E-state index contributed by atoms with van der Waals surface area (Å²) in [6, 6.07) is 8.10. The summed E-state index contributed by atoms with van der Waals surface area (Å²) < 4.78 is 0. The molecule has 1 aromatic carbocycles. The van der Waals surface area contributed by atoms with E-state index in [0.29, 0.717) is 12.1 Å². The van der Waals surface area contributed by atoms with Crippen LogP contribution in [0, 0.1) is 0 Å². The van der Waals surface area contributed by atoms with E-state index in [9.17, 15) is 4.79 Å². The number of thiophene rings is 1. The van der Waals surface area contributed by atoms with E-state index >= 15 is 0 Å². The topological polar surface area (TPSA) is 67.1 Å². The molecule has 0 spiro atoms. The first-order valence-corrected chi connectivity index (χ1v) is 7.59. The first-order valence-electron chi connectivity index (χ1n) is 6.71. The standard InChI is InChI=1S/C15H17N3OS/c16-12-9-13-10(3-4-15(19)18-13)8-14(12)17-6-5-11-2-1-7-20-11/h1-2,7-9,17H,3-6,16H2,(H,18,19). The van der Waals surface area contributed by atoms with Gasteiger partial charge in [0.25, 0.3) is 0 Å². The Balaban J connectivity index is 1.69. The number of fused-ring (bicyclic) bond motifs is 1. The van der Waals surface area contributed by atoms with E-state index < -0.39 is 0 Å². The highest BCUT2D eigenvalue weighted by atomic mass is 32.1. The summed E-state index contributed by atoms with van der Waals surface area (Å²) in [6.07, 6.45) is 2.32. The van der Waals surface area contributed by atoms with Crippen LogP contribution in [0.1, 0.15) is 16.9 Å². The highest BCUT2D eigenvalue weighted by Crippen LogP contribution is 2.30. The monoisotopic (exact) mass is 287 g/mol. The molecule has 1 aliphatic heterocycles. The minimum atomic E-state index is 0.0651. The Morgan fingerprint density at radius 1 is 1.35 bits per heavy atom. The van der Waals surface area contributed by atoms with E-state index in [2.05, 4.69) is 34.2 Å². The molecule has 0 bridgehead atoms. The predicted molar refractivity (Wildman–Crippen MR) is 84.3 cm³/mol. The molecule has 4 nitrogen and oxygen atoms in total. The van der Waals surface area contributed by atoms with Gasteiger partial charge < -0.3 is 16.4 Å². The molecule has 0 unspecified atom stereocenters. The Bertz CT molecular complexity index is 622. The summed E-state index contributed by atoms with van der Waals surface area (Å²) in [5, 5.41) is 8.33. The number of benzene rings is 1. The van der Waals surface area contributed by atoms with Crippen molar-refractivity contribution in [3.8, 4) is 0 Å². The van der Waals surface area contributed by atoms with E-state index in [1.807, 2.05) is 6.07 Å². The second-order valence-corrected chi connectivity index (χ2v) is 5.93. The second-order valence-electron chi connectivity index (χ2n) is 4.90. The van der Waals surface area contributed by atoms with Gasteiger partial charge in [0.05, 0.1) is 11.4 Å². The van der Waals surface area contributed by atoms with Crippen LogP contribution < -0.4 is 16.4 Å². The van der Waals surface area contributed by atoms with Crippen LogP contribution in [0.15, 0.2) is 29.6 Å². The zero-order valence-corrected chi connectivity index (χ0v) is 11.9. The van der Waals surface area contributed by atoms with Gasteiger partial charge in [-0.1, -0.05) is 6.07 Å². The van der Waals surface area contributed by atoms with E-state index in [-0.39, 0.29) is 5.91 Å². The molecule has 3 rings (SSSR count). The first kappa shape index (κ1) is 13.0. The van der Waals surface area contributed by atoms with E-state index in [0.717, 1.165) is 36.3 Å². The number of rotatable bonds is 4. The van der Waals surface area contributed by atoms with Crippen molar-refractivity contribution in [1.82, 2.24) is 0 Å². The molecule has 0 atom stereocenters. The van der Waals surface area contributed by atoms with Crippen LogP contribution in [-0.2, 0) is 17.6 Å². The minimum absolute atomic E-state index is 0.0651. The van der Waals surface area contributed by atoms with Crippen LogP contribution in [0.2, 0.25) is 0 Å². The average molecular weight is 287 g/mol. The number of nitrogens with two attached hydrogens (primary N) is 1. The largest absolute Gasteiger partial charge is 0.397 e. The van der Waals surface area contributed by atoms with Gasteiger partial charge in [-0.2, -0.15) is 0 Å². The van der Waals surface area contributed by atoms with Crippen LogP contribution in [0.4, 0.5) is 17.1 Å². The van der Waals surface area contributed by atoms with Gasteiger partial charge in [0.15, 0.2) is 0 Å². The fourth-order valence-corrected chi connectivity index (χ4v) is 3.08. The van der Waals surface area contributed by atoms with Crippen molar-refractivity contribution in [1.29, 1.82) is 0 Å². The van der Waals surface area contributed by atoms with Crippen molar-refractivity contribution >= 4 is 34.3 Å². The van der Waals surface area contributed by atoms with Gasteiger partial charge in [-0.05, 0) is 42.0 Å². The lowest BCUT2D eigenvalue weighted by Gasteiger charge is -2.19. The Hall–Kier alpha value is -2.01. The zero-order valence-electron chi connectivity index (χ0n) is 11.1. The minimum Gasteiger partial charge on any atom is -0.397 e. The van der Waals surface area contributed by atoms with Gasteiger partial charge in [-0.15, -0.1) is 11.3 Å². The number of aryl methyl sites for hydroxylation is 1. The lowest BCUT2D eigenvalue weighted by Crippen LogP contribution is -2.19. The lowest BCUT2D eigenvalue weighted by atomic mass is 10.0. The van der Waals surface area contributed by atoms with Crippen LogP contribution in [0.25, 0.3) is 0 Å². The third-order valence-electron chi connectivity index (χ3n) is 3.44. The van der Waals surface area contributed by atoms with Crippen LogP contribution in [-0.4, -0.2) is 12.5 Å². The molecule has 20 heavy (non-hydrogen) atoms. The quantitative estimate of drug-likeness (QED) is 0.757. The summed E-state index contributed by atoms with van der Waals surface area (Å²) in [5.74, 6) is 0.0651. The number of hydrogen-bond donors (Lipinski definition) is 3. The Kier molecular flexibility index (Phi) is 3.60. The van der Waals surface area contributed by atoms with Crippen molar-refractivity contribution in [3.05, 3.63) is 40.1 Å². The molecule has 0 radical (unpaired) electrons. The predicted octanol–water partition coefficient (Wildman–Crippen LogP) is 2.87. The molecule has 0 fully saturated rings. The average Bonchev–Trinajstić information content (AvgIpc) is 2.93. The van der Waals surface area contributed by atoms with Gasteiger partial charge in [0.2, 0.25) is 5.91 Å². The van der Waals surface area contributed by atoms with Crippen molar-refractivity contribution < 1.29 is 4.79 Å². The van der Waals surface area contributed by atoms with Crippen molar-refractivity contribution in [2.75, 3.05) is 22.9 Å². The Labute approximate surface area is 122 Å². The number of nitrogens with one attached hydrogen (secondary N) is 2. The fraction of sp³-hybridized carbons (Fsp3) is 0.267. The molecular formula is C15H17N3OS. The second kappa shape index (κ2) is 5.54. The van der Waals surface area contributed by atoms with Gasteiger partial charge >= 0.3 is 0 Å². The summed E-state index contributed by atoms with van der Waals surface area (Å²) >= 11 is 1.77. The van der Waals surface area contributed by atoms with Crippen LogP contribution in [0.5, 0.6) is 0 Å². The van der Waals surface area contributed by atoms with Crippen LogP contribution in [0.3, 0.4) is 0 Å². The van der Waals surface area contributed by atoms with Gasteiger partial charge in [0.1, 0.15) is 0 Å². The van der Waals surface area contributed by atoms with Gasteiger partial charge in [-0.25, -0.2) is 0 Å². The third kappa shape index (κ3) is 2.77. The number of carbonyl (C=O) groups excluding carboxylic acids is 1. The van der Waals surface area contributed by atoms with E-state index in [1.165, 1.54) is 4.88 Å². The molecule has 5 heteroatoms. The number of hydrogen-bond acceptors (Lipinski definition) is 4. The molecule has 4 N–H and O–H groups in total. The maximum absolute atomic E-state index is 11.4. The smallest absolute Gasteiger partial charge is 0.224 e. The summed E-state index contributed by atoms with van der Waals surface area (Å²) in [6.45, 7) is 0.857. The van der Waals surface area contributed by atoms with Crippen LogP contribution >= 0.6 is 11.3 Å². The Morgan fingerprint density at radius 3 is 3.05 bits per heavy atom. The molecule has 0 saturated carbocycles. The van der Waals surface area contributed by atoms with Gasteiger partial charge in [-0.3, -0.25) is 4.79 Å². The number of anilines is 3. The summed E-state index contributed by atoms with van der Waals surface area (Å²) in [5.41, 5.74) is 9.67. The SMILES string of the molecule is Nc1cc2c(cc1NCCc1cccs1)CCC(=O)N2. The maximum Gasteiger partial charge on any atom is 0.224 e. The zero-order chi connectivity index (χ0) is 13.9. The van der Waals surface area contributed by atoms with E-state index in [1.54, 1.807) is 11.3 Å². The normalized spacial score (nSPS) is 13.7. The lowest BCUT2D eigenvalue weighted by molar-refractivity contribution is -0.116. The van der Waals surface area contributed by atoms with Crippen molar-refractivity contribution in [2.24, 2.45) is 0 Å². The van der Waals surface area contributed by atoms with Crippen molar-refractivity contribution in [3.63, 3.8) is 0 Å². The fourth-order valence-electron chi connectivity index (χ4n) is 2.37. The van der Waals surface area contributed by atoms with Gasteiger partial charge in [0, 0.05) is 23.5 Å². The highest BCUT2D eigenvalue weighted by molar-refractivity contribution is 7.09. The molecule has 1 aromatic heterocycles. The number of amides is 1. The highest BCUT2D eigenvalue weighted by Gasteiger charge is 2.16. The van der Waals surface area contributed by atoms with E-state index in [4.69, 9.17) is 5.73 Å². The summed E-state index contributed by atoms with van der Waals surface area (Å²) in [7, 11) is 0. The number of nitrogen functional groups attached to an aromatic ring is 1.